The normalized spacial score (nSPS) is 19.4. The molecule has 0 aliphatic heterocycles. The van der Waals surface area contributed by atoms with Crippen LogP contribution in [0.3, 0.4) is 0 Å². The van der Waals surface area contributed by atoms with Crippen LogP contribution in [0, 0.1) is 16.7 Å². The third kappa shape index (κ3) is 2.51. The molecule has 1 aliphatic rings. The molecular formula is C16H24N2O2. The Labute approximate surface area is 120 Å². The number of aromatic nitrogens is 1. The highest BCUT2D eigenvalue weighted by molar-refractivity contribution is 5.84. The van der Waals surface area contributed by atoms with Crippen molar-refractivity contribution in [3.8, 4) is 5.88 Å². The Morgan fingerprint density at radius 3 is 2.40 bits per heavy atom. The SMILES string of the molecule is COc1ccc(CCNC(=O)C2C(C)(C)C2(C)C)cn1. The van der Waals surface area contributed by atoms with Crippen LogP contribution in [0.15, 0.2) is 18.3 Å². The average Bonchev–Trinajstić information content (AvgIpc) is 2.80. The molecule has 110 valence electrons. The molecule has 0 atom stereocenters. The van der Waals surface area contributed by atoms with Crippen LogP contribution in [0.1, 0.15) is 33.3 Å². The van der Waals surface area contributed by atoms with Gasteiger partial charge in [-0.1, -0.05) is 33.8 Å². The van der Waals surface area contributed by atoms with Gasteiger partial charge in [0.15, 0.2) is 0 Å². The zero-order valence-corrected chi connectivity index (χ0v) is 13.0. The van der Waals surface area contributed by atoms with E-state index in [2.05, 4.69) is 38.0 Å². The first-order valence-corrected chi connectivity index (χ1v) is 7.07. The molecule has 1 amide bonds. The average molecular weight is 276 g/mol. The lowest BCUT2D eigenvalue weighted by atomic mass is 10.0. The molecule has 4 heteroatoms. The number of amides is 1. The Balaban J connectivity index is 1.80. The highest BCUT2D eigenvalue weighted by atomic mass is 16.5. The number of methoxy groups -OCH3 is 1. The molecule has 1 heterocycles. The second-order valence-corrected chi connectivity index (χ2v) is 6.63. The van der Waals surface area contributed by atoms with Gasteiger partial charge in [0.05, 0.1) is 7.11 Å². The molecule has 0 spiro atoms. The largest absolute Gasteiger partial charge is 0.481 e. The third-order valence-electron chi connectivity index (χ3n) is 5.00. The van der Waals surface area contributed by atoms with Crippen LogP contribution in [0.2, 0.25) is 0 Å². The Kier molecular flexibility index (Phi) is 3.76. The molecule has 0 bridgehead atoms. The van der Waals surface area contributed by atoms with Crippen LogP contribution in [-0.2, 0) is 11.2 Å². The minimum absolute atomic E-state index is 0.0960. The molecule has 1 aliphatic carbocycles. The predicted molar refractivity (Wildman–Crippen MR) is 78.6 cm³/mol. The molecule has 0 saturated heterocycles. The van der Waals surface area contributed by atoms with Gasteiger partial charge in [-0.2, -0.15) is 0 Å². The van der Waals surface area contributed by atoms with Crippen molar-refractivity contribution in [3.05, 3.63) is 23.9 Å². The van der Waals surface area contributed by atoms with Gasteiger partial charge in [0.2, 0.25) is 11.8 Å². The summed E-state index contributed by atoms with van der Waals surface area (Å²) in [7, 11) is 1.60. The zero-order chi connectivity index (χ0) is 15.0. The Bertz CT molecular complexity index is 478. The minimum Gasteiger partial charge on any atom is -0.481 e. The molecular weight excluding hydrogens is 252 g/mol. The summed E-state index contributed by atoms with van der Waals surface area (Å²) in [6.45, 7) is 9.28. The molecule has 2 rings (SSSR count). The van der Waals surface area contributed by atoms with Gasteiger partial charge >= 0.3 is 0 Å². The number of rotatable bonds is 5. The molecule has 0 aromatic carbocycles. The van der Waals surface area contributed by atoms with Crippen molar-refractivity contribution < 1.29 is 9.53 Å². The first-order valence-electron chi connectivity index (χ1n) is 7.07. The molecule has 1 aromatic heterocycles. The Hall–Kier alpha value is -1.58. The van der Waals surface area contributed by atoms with E-state index in [-0.39, 0.29) is 22.7 Å². The minimum atomic E-state index is 0.0960. The van der Waals surface area contributed by atoms with Crippen LogP contribution in [-0.4, -0.2) is 24.5 Å². The van der Waals surface area contributed by atoms with Crippen molar-refractivity contribution in [1.29, 1.82) is 0 Å². The molecule has 0 unspecified atom stereocenters. The fraction of sp³-hybridized carbons (Fsp3) is 0.625. The van der Waals surface area contributed by atoms with Crippen LogP contribution < -0.4 is 10.1 Å². The number of hydrogen-bond donors (Lipinski definition) is 1. The first-order chi connectivity index (χ1) is 9.30. The van der Waals surface area contributed by atoms with E-state index in [1.54, 1.807) is 13.3 Å². The van der Waals surface area contributed by atoms with Crippen molar-refractivity contribution in [2.24, 2.45) is 16.7 Å². The lowest BCUT2D eigenvalue weighted by Gasteiger charge is -2.07. The second-order valence-electron chi connectivity index (χ2n) is 6.63. The summed E-state index contributed by atoms with van der Waals surface area (Å²) in [5, 5.41) is 3.03. The topological polar surface area (TPSA) is 51.2 Å². The van der Waals surface area contributed by atoms with E-state index in [1.807, 2.05) is 12.1 Å². The number of ether oxygens (including phenoxy) is 1. The lowest BCUT2D eigenvalue weighted by molar-refractivity contribution is -0.123. The highest BCUT2D eigenvalue weighted by Gasteiger charge is 2.68. The van der Waals surface area contributed by atoms with Crippen LogP contribution in [0.25, 0.3) is 0 Å². The monoisotopic (exact) mass is 276 g/mol. The van der Waals surface area contributed by atoms with Gasteiger partial charge in [-0.3, -0.25) is 4.79 Å². The quantitative estimate of drug-likeness (QED) is 0.898. The summed E-state index contributed by atoms with van der Waals surface area (Å²) in [4.78, 5) is 16.3. The molecule has 1 N–H and O–H groups in total. The van der Waals surface area contributed by atoms with Crippen molar-refractivity contribution in [2.75, 3.05) is 13.7 Å². The highest BCUT2D eigenvalue weighted by Crippen LogP contribution is 2.68. The third-order valence-corrected chi connectivity index (χ3v) is 5.00. The van der Waals surface area contributed by atoms with E-state index in [0.717, 1.165) is 12.0 Å². The van der Waals surface area contributed by atoms with Crippen LogP contribution >= 0.6 is 0 Å². The second kappa shape index (κ2) is 5.08. The summed E-state index contributed by atoms with van der Waals surface area (Å²) >= 11 is 0. The maximum Gasteiger partial charge on any atom is 0.224 e. The van der Waals surface area contributed by atoms with E-state index in [9.17, 15) is 4.79 Å². The number of hydrogen-bond acceptors (Lipinski definition) is 3. The van der Waals surface area contributed by atoms with Gasteiger partial charge in [-0.15, -0.1) is 0 Å². The number of nitrogens with zero attached hydrogens (tertiary/aromatic N) is 1. The Morgan fingerprint density at radius 2 is 1.95 bits per heavy atom. The Morgan fingerprint density at radius 1 is 1.30 bits per heavy atom. The fourth-order valence-corrected chi connectivity index (χ4v) is 2.96. The van der Waals surface area contributed by atoms with Gasteiger partial charge in [0, 0.05) is 24.7 Å². The van der Waals surface area contributed by atoms with E-state index in [1.165, 1.54) is 0 Å². The van der Waals surface area contributed by atoms with Gasteiger partial charge < -0.3 is 10.1 Å². The van der Waals surface area contributed by atoms with E-state index in [4.69, 9.17) is 4.74 Å². The molecule has 4 nitrogen and oxygen atoms in total. The summed E-state index contributed by atoms with van der Waals surface area (Å²) < 4.78 is 5.02. The molecule has 20 heavy (non-hydrogen) atoms. The number of pyridine rings is 1. The molecule has 1 aromatic rings. The first kappa shape index (κ1) is 14.8. The van der Waals surface area contributed by atoms with Crippen LogP contribution in [0.5, 0.6) is 5.88 Å². The number of carbonyl (C=O) groups is 1. The number of carbonyl (C=O) groups excluding carboxylic acids is 1. The summed E-state index contributed by atoms with van der Waals surface area (Å²) in [5.41, 5.74) is 1.29. The molecule has 1 saturated carbocycles. The van der Waals surface area contributed by atoms with Crippen LogP contribution in [0.4, 0.5) is 0 Å². The van der Waals surface area contributed by atoms with E-state index >= 15 is 0 Å². The molecule has 1 fully saturated rings. The summed E-state index contributed by atoms with van der Waals surface area (Å²) in [6.07, 6.45) is 2.58. The molecule has 0 radical (unpaired) electrons. The van der Waals surface area contributed by atoms with Gasteiger partial charge in [-0.05, 0) is 22.8 Å². The van der Waals surface area contributed by atoms with Gasteiger partial charge in [0.25, 0.3) is 0 Å². The van der Waals surface area contributed by atoms with Crippen molar-refractivity contribution in [2.45, 2.75) is 34.1 Å². The zero-order valence-electron chi connectivity index (χ0n) is 13.0. The van der Waals surface area contributed by atoms with Crippen molar-refractivity contribution in [3.63, 3.8) is 0 Å². The van der Waals surface area contributed by atoms with Gasteiger partial charge in [0.1, 0.15) is 0 Å². The smallest absolute Gasteiger partial charge is 0.224 e. The maximum absolute atomic E-state index is 12.2. The van der Waals surface area contributed by atoms with E-state index in [0.29, 0.717) is 12.4 Å². The maximum atomic E-state index is 12.2. The summed E-state index contributed by atoms with van der Waals surface area (Å²) in [6, 6.07) is 3.81. The van der Waals surface area contributed by atoms with Gasteiger partial charge in [-0.25, -0.2) is 4.98 Å². The van der Waals surface area contributed by atoms with Crippen molar-refractivity contribution >= 4 is 5.91 Å². The van der Waals surface area contributed by atoms with E-state index < -0.39 is 0 Å². The fourth-order valence-electron chi connectivity index (χ4n) is 2.96. The van der Waals surface area contributed by atoms with Crippen molar-refractivity contribution in [1.82, 2.24) is 10.3 Å². The predicted octanol–water partition coefficient (Wildman–Crippen LogP) is 2.43. The standard InChI is InChI=1S/C16H24N2O2/c1-15(2)13(16(15,3)4)14(19)17-9-8-11-6-7-12(20-5)18-10-11/h6-7,10,13H,8-9H2,1-5H3,(H,17,19). The number of nitrogens with one attached hydrogen (secondary N) is 1. The summed E-state index contributed by atoms with van der Waals surface area (Å²) in [5.74, 6) is 0.893. The lowest BCUT2D eigenvalue weighted by Crippen LogP contribution is -2.29.